The van der Waals surface area contributed by atoms with Crippen molar-refractivity contribution in [3.05, 3.63) is 11.6 Å². The third-order valence-electron chi connectivity index (χ3n) is 4.40. The van der Waals surface area contributed by atoms with Gasteiger partial charge >= 0.3 is 0 Å². The number of rotatable bonds is 3. The number of ether oxygens (including phenoxy) is 1. The van der Waals surface area contributed by atoms with Crippen molar-refractivity contribution in [3.63, 3.8) is 0 Å². The summed E-state index contributed by atoms with van der Waals surface area (Å²) in [5, 5.41) is 8.76. The summed E-state index contributed by atoms with van der Waals surface area (Å²) in [6.45, 7) is 6.68. The molecule has 0 spiro atoms. The van der Waals surface area contributed by atoms with Crippen LogP contribution in [-0.2, 0) is 9.53 Å². The Morgan fingerprint density at radius 3 is 2.76 bits per heavy atom. The molecule has 0 aromatic carbocycles. The summed E-state index contributed by atoms with van der Waals surface area (Å²) in [5.41, 5.74) is 0.252. The van der Waals surface area contributed by atoms with E-state index in [0.717, 1.165) is 18.6 Å². The summed E-state index contributed by atoms with van der Waals surface area (Å²) in [7, 11) is 0. The second kappa shape index (κ2) is 3.96. The molecule has 1 aliphatic carbocycles. The Morgan fingerprint density at radius 2 is 2.24 bits per heavy atom. The zero-order valence-electron chi connectivity index (χ0n) is 10.7. The third kappa shape index (κ3) is 1.91. The first-order chi connectivity index (χ1) is 7.94. The summed E-state index contributed by atoms with van der Waals surface area (Å²) < 4.78 is 5.53. The van der Waals surface area contributed by atoms with E-state index in [1.807, 2.05) is 19.9 Å². The number of carbonyl (C=O) groups is 1. The number of ketones is 1. The number of Topliss-reactive ketones (excluding diaryl/α,β-unsaturated/α-hetero) is 1. The zero-order chi connectivity index (χ0) is 12.7. The molecule has 0 aromatic rings. The highest BCUT2D eigenvalue weighted by Crippen LogP contribution is 2.52. The number of carbonyl (C=O) groups excluding carboxylic acids is 1. The lowest BCUT2D eigenvalue weighted by molar-refractivity contribution is -0.130. The summed E-state index contributed by atoms with van der Waals surface area (Å²) >= 11 is 0. The van der Waals surface area contributed by atoms with E-state index in [9.17, 15) is 4.79 Å². The van der Waals surface area contributed by atoms with Crippen LogP contribution in [0, 0.1) is 22.7 Å². The fourth-order valence-electron chi connectivity index (χ4n) is 3.10. The van der Waals surface area contributed by atoms with Crippen LogP contribution in [0.1, 0.15) is 40.0 Å². The van der Waals surface area contributed by atoms with Gasteiger partial charge in [-0.1, -0.05) is 13.0 Å². The summed E-state index contributed by atoms with van der Waals surface area (Å²) in [6, 6.07) is 2.16. The van der Waals surface area contributed by atoms with E-state index in [2.05, 4.69) is 13.0 Å². The first-order valence-corrected chi connectivity index (χ1v) is 6.16. The summed E-state index contributed by atoms with van der Waals surface area (Å²) in [4.78, 5) is 12.4. The maximum Gasteiger partial charge on any atom is 0.164 e. The lowest BCUT2D eigenvalue weighted by Gasteiger charge is -2.41. The van der Waals surface area contributed by atoms with Crippen molar-refractivity contribution < 1.29 is 9.53 Å². The van der Waals surface area contributed by atoms with Crippen molar-refractivity contribution in [3.8, 4) is 6.07 Å². The molecule has 1 heterocycles. The highest BCUT2D eigenvalue weighted by atomic mass is 16.6. The number of allylic oxidation sites excluding steroid dienone is 2. The molecular weight excluding hydrogens is 214 g/mol. The molecule has 1 saturated heterocycles. The third-order valence-corrected chi connectivity index (χ3v) is 4.40. The topological polar surface area (TPSA) is 53.4 Å². The van der Waals surface area contributed by atoms with Crippen molar-refractivity contribution in [2.24, 2.45) is 11.3 Å². The Morgan fingerprint density at radius 1 is 1.59 bits per heavy atom. The molecule has 17 heavy (non-hydrogen) atoms. The molecule has 1 fully saturated rings. The number of nitriles is 1. The molecule has 92 valence electrons. The Balaban J connectivity index is 2.31. The van der Waals surface area contributed by atoms with Gasteiger partial charge in [0.05, 0.1) is 18.3 Å². The van der Waals surface area contributed by atoms with Crippen LogP contribution in [0.25, 0.3) is 0 Å². The summed E-state index contributed by atoms with van der Waals surface area (Å²) in [6.07, 6.45) is 3.98. The fraction of sp³-hybridized carbons (Fsp3) is 0.714. The van der Waals surface area contributed by atoms with Crippen LogP contribution in [0.3, 0.4) is 0 Å². The predicted molar refractivity (Wildman–Crippen MR) is 64.2 cm³/mol. The molecule has 2 rings (SSSR count). The van der Waals surface area contributed by atoms with Gasteiger partial charge in [0.25, 0.3) is 0 Å². The van der Waals surface area contributed by atoms with Crippen LogP contribution in [0.2, 0.25) is 0 Å². The van der Waals surface area contributed by atoms with Crippen molar-refractivity contribution in [2.45, 2.75) is 45.6 Å². The lowest BCUT2D eigenvalue weighted by Crippen LogP contribution is -2.45. The van der Waals surface area contributed by atoms with E-state index in [0.29, 0.717) is 12.8 Å². The van der Waals surface area contributed by atoms with Crippen molar-refractivity contribution >= 4 is 5.78 Å². The maximum atomic E-state index is 12.4. The summed E-state index contributed by atoms with van der Waals surface area (Å²) in [5.74, 6) is 0.403. The maximum absolute atomic E-state index is 12.4. The highest BCUT2D eigenvalue weighted by molar-refractivity contribution is 6.00. The number of nitrogens with zero attached hydrogens (tertiary/aromatic N) is 1. The standard InChI is InChI=1S/C14H19NO2/c1-10-5-6-11(14(3)9-17-14)13(2,12(10)16)7-4-8-15/h5,11H,4,6-7,9H2,1-3H3/t11-,13+,14?/m1/s1. The Kier molecular flexibility index (Phi) is 2.87. The molecule has 1 unspecified atom stereocenters. The Hall–Kier alpha value is -1.14. The minimum absolute atomic E-state index is 0.156. The second-order valence-electron chi connectivity index (χ2n) is 5.68. The molecule has 3 atom stereocenters. The quantitative estimate of drug-likeness (QED) is 0.704. The van der Waals surface area contributed by atoms with E-state index in [1.165, 1.54) is 0 Å². The molecular formula is C14H19NO2. The van der Waals surface area contributed by atoms with Gasteiger partial charge < -0.3 is 4.74 Å². The van der Waals surface area contributed by atoms with E-state index in [1.54, 1.807) is 0 Å². The zero-order valence-corrected chi connectivity index (χ0v) is 10.7. The van der Waals surface area contributed by atoms with Crippen LogP contribution in [0.5, 0.6) is 0 Å². The van der Waals surface area contributed by atoms with Gasteiger partial charge in [0, 0.05) is 17.8 Å². The van der Waals surface area contributed by atoms with Gasteiger partial charge in [-0.15, -0.1) is 0 Å². The van der Waals surface area contributed by atoms with Gasteiger partial charge in [0.2, 0.25) is 0 Å². The normalized spacial score (nSPS) is 40.7. The van der Waals surface area contributed by atoms with Crippen LogP contribution in [-0.4, -0.2) is 18.0 Å². The monoisotopic (exact) mass is 233 g/mol. The van der Waals surface area contributed by atoms with Crippen molar-refractivity contribution in [1.82, 2.24) is 0 Å². The average molecular weight is 233 g/mol. The molecule has 0 N–H and O–H groups in total. The molecule has 0 saturated carbocycles. The van der Waals surface area contributed by atoms with E-state index in [-0.39, 0.29) is 17.3 Å². The molecule has 0 bridgehead atoms. The Bertz CT molecular complexity index is 414. The molecule has 0 radical (unpaired) electrons. The van der Waals surface area contributed by atoms with Gasteiger partial charge in [0.1, 0.15) is 0 Å². The SMILES string of the molecule is CC1=CC[C@@H](C2(C)CO2)[C@](C)(CCC#N)C1=O. The van der Waals surface area contributed by atoms with Crippen molar-refractivity contribution in [2.75, 3.05) is 6.61 Å². The molecule has 3 heteroatoms. The molecule has 0 amide bonds. The van der Waals surface area contributed by atoms with Crippen molar-refractivity contribution in [1.29, 1.82) is 5.26 Å². The van der Waals surface area contributed by atoms with Gasteiger partial charge in [-0.3, -0.25) is 4.79 Å². The molecule has 3 nitrogen and oxygen atoms in total. The van der Waals surface area contributed by atoms with Crippen LogP contribution in [0.15, 0.2) is 11.6 Å². The van der Waals surface area contributed by atoms with Gasteiger partial charge in [-0.2, -0.15) is 5.26 Å². The first-order valence-electron chi connectivity index (χ1n) is 6.16. The minimum atomic E-state index is -0.431. The smallest absolute Gasteiger partial charge is 0.164 e. The van der Waals surface area contributed by atoms with Gasteiger partial charge in [0.15, 0.2) is 5.78 Å². The second-order valence-corrected chi connectivity index (χ2v) is 5.68. The molecule has 2 aliphatic rings. The van der Waals surface area contributed by atoms with Gasteiger partial charge in [-0.25, -0.2) is 0 Å². The van der Waals surface area contributed by atoms with Crippen LogP contribution < -0.4 is 0 Å². The first kappa shape index (κ1) is 12.3. The van der Waals surface area contributed by atoms with E-state index < -0.39 is 5.41 Å². The predicted octanol–water partition coefficient (Wildman–Crippen LogP) is 2.62. The van der Waals surface area contributed by atoms with E-state index >= 15 is 0 Å². The number of hydrogen-bond acceptors (Lipinski definition) is 3. The Labute approximate surface area is 102 Å². The van der Waals surface area contributed by atoms with Gasteiger partial charge in [-0.05, 0) is 32.3 Å². The molecule has 0 aromatic heterocycles. The number of hydrogen-bond donors (Lipinski definition) is 0. The van der Waals surface area contributed by atoms with Crippen LogP contribution >= 0.6 is 0 Å². The average Bonchev–Trinajstić information content (AvgIpc) is 3.02. The fourth-order valence-corrected chi connectivity index (χ4v) is 3.10. The van der Waals surface area contributed by atoms with Crippen LogP contribution in [0.4, 0.5) is 0 Å². The minimum Gasteiger partial charge on any atom is -0.370 e. The number of epoxide rings is 1. The lowest BCUT2D eigenvalue weighted by atomic mass is 9.61. The highest BCUT2D eigenvalue weighted by Gasteiger charge is 2.57. The molecule has 1 aliphatic heterocycles. The van der Waals surface area contributed by atoms with E-state index in [4.69, 9.17) is 10.00 Å². The largest absolute Gasteiger partial charge is 0.370 e.